The molecule has 1 atom stereocenters. The fraction of sp³-hybridized carbons (Fsp3) is 0.417. The lowest BCUT2D eigenvalue weighted by atomic mass is 10.1. The molecule has 1 aromatic rings. The standard InChI is InChI=1S/C12H14BrF2NO/c1-6(2)9(13)12(17)16-11-8(14)5-4-7(3)10(11)15/h4-6,9H,1-3H3,(H,16,17). The molecule has 0 fully saturated rings. The molecular formula is C12H14BrF2NO. The van der Waals surface area contributed by atoms with Crippen molar-refractivity contribution in [1.29, 1.82) is 0 Å². The summed E-state index contributed by atoms with van der Waals surface area (Å²) in [5, 5.41) is 2.26. The maximum absolute atomic E-state index is 13.6. The topological polar surface area (TPSA) is 29.1 Å². The number of amides is 1. The monoisotopic (exact) mass is 305 g/mol. The molecule has 0 saturated heterocycles. The Morgan fingerprint density at radius 1 is 1.35 bits per heavy atom. The predicted molar refractivity (Wildman–Crippen MR) is 67.3 cm³/mol. The highest BCUT2D eigenvalue weighted by atomic mass is 79.9. The van der Waals surface area contributed by atoms with Gasteiger partial charge in [-0.2, -0.15) is 0 Å². The Morgan fingerprint density at radius 2 is 1.94 bits per heavy atom. The van der Waals surface area contributed by atoms with Crippen LogP contribution in [0.3, 0.4) is 0 Å². The first-order chi connectivity index (χ1) is 7.84. The van der Waals surface area contributed by atoms with Gasteiger partial charge in [0.2, 0.25) is 5.91 Å². The molecule has 2 nitrogen and oxygen atoms in total. The highest BCUT2D eigenvalue weighted by Gasteiger charge is 2.21. The zero-order chi connectivity index (χ0) is 13.2. The summed E-state index contributed by atoms with van der Waals surface area (Å²) in [6, 6.07) is 2.46. The Labute approximate surface area is 108 Å². The second kappa shape index (κ2) is 5.58. The van der Waals surface area contributed by atoms with Gasteiger partial charge in [0.1, 0.15) is 11.5 Å². The minimum Gasteiger partial charge on any atom is -0.320 e. The molecule has 5 heteroatoms. The van der Waals surface area contributed by atoms with E-state index in [0.717, 1.165) is 6.07 Å². The van der Waals surface area contributed by atoms with Gasteiger partial charge in [-0.25, -0.2) is 8.78 Å². The molecular weight excluding hydrogens is 292 g/mol. The number of alkyl halides is 1. The Bertz CT molecular complexity index is 435. The molecule has 0 aliphatic carbocycles. The van der Waals surface area contributed by atoms with E-state index >= 15 is 0 Å². The summed E-state index contributed by atoms with van der Waals surface area (Å²) in [4.78, 5) is 11.2. The molecule has 1 rings (SSSR count). The molecule has 0 spiro atoms. The summed E-state index contributed by atoms with van der Waals surface area (Å²) in [6.07, 6.45) is 0. The van der Waals surface area contributed by atoms with Crippen molar-refractivity contribution < 1.29 is 13.6 Å². The van der Waals surface area contributed by atoms with Crippen molar-refractivity contribution in [3.8, 4) is 0 Å². The predicted octanol–water partition coefficient (Wildman–Crippen LogP) is 3.63. The Kier molecular flexibility index (Phi) is 4.62. The number of benzene rings is 1. The number of halogens is 3. The molecule has 0 radical (unpaired) electrons. The molecule has 0 aliphatic rings. The molecule has 0 bridgehead atoms. The first-order valence-electron chi connectivity index (χ1n) is 5.24. The van der Waals surface area contributed by atoms with E-state index in [1.54, 1.807) is 0 Å². The van der Waals surface area contributed by atoms with Crippen LogP contribution in [-0.4, -0.2) is 10.7 Å². The molecule has 0 heterocycles. The number of hydrogen-bond acceptors (Lipinski definition) is 1. The second-order valence-electron chi connectivity index (χ2n) is 4.19. The summed E-state index contributed by atoms with van der Waals surface area (Å²) >= 11 is 3.18. The van der Waals surface area contributed by atoms with E-state index in [4.69, 9.17) is 0 Å². The van der Waals surface area contributed by atoms with Crippen molar-refractivity contribution in [3.63, 3.8) is 0 Å². The van der Waals surface area contributed by atoms with Gasteiger partial charge in [-0.1, -0.05) is 35.8 Å². The quantitative estimate of drug-likeness (QED) is 0.849. The lowest BCUT2D eigenvalue weighted by molar-refractivity contribution is -0.116. The number of hydrogen-bond donors (Lipinski definition) is 1. The largest absolute Gasteiger partial charge is 0.320 e. The van der Waals surface area contributed by atoms with Crippen LogP contribution in [0.4, 0.5) is 14.5 Å². The Balaban J connectivity index is 2.96. The minimum absolute atomic E-state index is 0.0333. The smallest absolute Gasteiger partial charge is 0.238 e. The molecule has 1 N–H and O–H groups in total. The fourth-order valence-electron chi connectivity index (χ4n) is 1.27. The fourth-order valence-corrected chi connectivity index (χ4v) is 1.38. The van der Waals surface area contributed by atoms with E-state index in [1.165, 1.54) is 13.0 Å². The maximum atomic E-state index is 13.6. The molecule has 94 valence electrons. The van der Waals surface area contributed by atoms with E-state index in [9.17, 15) is 13.6 Å². The number of aryl methyl sites for hydroxylation is 1. The van der Waals surface area contributed by atoms with Gasteiger partial charge in [0.15, 0.2) is 5.82 Å². The summed E-state index contributed by atoms with van der Waals surface area (Å²) in [5.74, 6) is -1.93. The van der Waals surface area contributed by atoms with Crippen LogP contribution in [0.15, 0.2) is 12.1 Å². The first-order valence-corrected chi connectivity index (χ1v) is 6.15. The number of rotatable bonds is 3. The molecule has 1 unspecified atom stereocenters. The summed E-state index contributed by atoms with van der Waals surface area (Å²) in [6.45, 7) is 5.18. The minimum atomic E-state index is -0.773. The maximum Gasteiger partial charge on any atom is 0.238 e. The molecule has 1 aromatic carbocycles. The van der Waals surface area contributed by atoms with Crippen LogP contribution in [0.5, 0.6) is 0 Å². The van der Waals surface area contributed by atoms with Gasteiger partial charge >= 0.3 is 0 Å². The van der Waals surface area contributed by atoms with Crippen molar-refractivity contribution in [2.75, 3.05) is 5.32 Å². The van der Waals surface area contributed by atoms with Gasteiger partial charge < -0.3 is 5.32 Å². The van der Waals surface area contributed by atoms with Gasteiger partial charge in [0.05, 0.1) is 4.83 Å². The lowest BCUT2D eigenvalue weighted by Gasteiger charge is -2.15. The first kappa shape index (κ1) is 14.1. The highest BCUT2D eigenvalue weighted by Crippen LogP contribution is 2.23. The van der Waals surface area contributed by atoms with Crippen LogP contribution < -0.4 is 5.32 Å². The van der Waals surface area contributed by atoms with Crippen LogP contribution in [0.25, 0.3) is 0 Å². The summed E-state index contributed by atoms with van der Waals surface area (Å²) < 4.78 is 27.0. The normalized spacial score (nSPS) is 12.6. The van der Waals surface area contributed by atoms with Crippen LogP contribution in [0, 0.1) is 24.5 Å². The van der Waals surface area contributed by atoms with Gasteiger partial charge in [0.25, 0.3) is 0 Å². The number of nitrogens with one attached hydrogen (secondary N) is 1. The van der Waals surface area contributed by atoms with Crippen molar-refractivity contribution in [2.45, 2.75) is 25.6 Å². The third kappa shape index (κ3) is 3.25. The SMILES string of the molecule is Cc1ccc(F)c(NC(=O)C(Br)C(C)C)c1F. The Morgan fingerprint density at radius 3 is 2.47 bits per heavy atom. The van der Waals surface area contributed by atoms with Gasteiger partial charge in [0, 0.05) is 0 Å². The second-order valence-corrected chi connectivity index (χ2v) is 5.17. The van der Waals surface area contributed by atoms with E-state index < -0.39 is 22.4 Å². The van der Waals surface area contributed by atoms with E-state index in [1.807, 2.05) is 13.8 Å². The van der Waals surface area contributed by atoms with Crippen LogP contribution in [0.1, 0.15) is 19.4 Å². The summed E-state index contributed by atoms with van der Waals surface area (Å²) in [7, 11) is 0. The molecule has 0 aromatic heterocycles. The Hall–Kier alpha value is -0.970. The number of carbonyl (C=O) groups is 1. The van der Waals surface area contributed by atoms with Crippen LogP contribution >= 0.6 is 15.9 Å². The zero-order valence-corrected chi connectivity index (χ0v) is 11.4. The van der Waals surface area contributed by atoms with Crippen molar-refractivity contribution in [2.24, 2.45) is 5.92 Å². The van der Waals surface area contributed by atoms with Crippen LogP contribution in [-0.2, 0) is 4.79 Å². The van der Waals surface area contributed by atoms with Gasteiger partial charge in [-0.3, -0.25) is 4.79 Å². The van der Waals surface area contributed by atoms with Gasteiger partial charge in [-0.05, 0) is 24.5 Å². The van der Waals surface area contributed by atoms with E-state index in [-0.39, 0.29) is 17.2 Å². The number of carbonyl (C=O) groups excluding carboxylic acids is 1. The molecule has 0 saturated carbocycles. The third-order valence-corrected chi connectivity index (χ3v) is 3.84. The number of anilines is 1. The van der Waals surface area contributed by atoms with E-state index in [0.29, 0.717) is 0 Å². The molecule has 0 aliphatic heterocycles. The highest BCUT2D eigenvalue weighted by molar-refractivity contribution is 9.10. The molecule has 17 heavy (non-hydrogen) atoms. The van der Waals surface area contributed by atoms with Crippen LogP contribution in [0.2, 0.25) is 0 Å². The summed E-state index contributed by atoms with van der Waals surface area (Å²) in [5.41, 5.74) is -0.0996. The third-order valence-electron chi connectivity index (χ3n) is 2.37. The lowest BCUT2D eigenvalue weighted by Crippen LogP contribution is -2.28. The van der Waals surface area contributed by atoms with Gasteiger partial charge in [-0.15, -0.1) is 0 Å². The molecule has 1 amide bonds. The average molecular weight is 306 g/mol. The van der Waals surface area contributed by atoms with Crippen molar-refractivity contribution in [1.82, 2.24) is 0 Å². The zero-order valence-electron chi connectivity index (χ0n) is 9.85. The van der Waals surface area contributed by atoms with Crippen molar-refractivity contribution >= 4 is 27.5 Å². The van der Waals surface area contributed by atoms with Crippen molar-refractivity contribution in [3.05, 3.63) is 29.3 Å². The van der Waals surface area contributed by atoms with E-state index in [2.05, 4.69) is 21.2 Å². The average Bonchev–Trinajstić information content (AvgIpc) is 2.28.